The monoisotopic (exact) mass is 249 g/mol. The van der Waals surface area contributed by atoms with Crippen LogP contribution in [0.3, 0.4) is 0 Å². The molecule has 1 aromatic carbocycles. The van der Waals surface area contributed by atoms with Crippen molar-refractivity contribution in [2.75, 3.05) is 19.8 Å². The second kappa shape index (κ2) is 7.39. The normalized spacial score (nSPS) is 19.1. The number of benzene rings is 1. The van der Waals surface area contributed by atoms with Crippen molar-refractivity contribution in [3.63, 3.8) is 0 Å². The summed E-state index contributed by atoms with van der Waals surface area (Å²) in [6.07, 6.45) is 3.84. The number of hydrogen-bond donors (Lipinski definition) is 1. The Morgan fingerprint density at radius 3 is 3.17 bits per heavy atom. The summed E-state index contributed by atoms with van der Waals surface area (Å²) in [6, 6.07) is 8.30. The molecule has 1 heterocycles. The van der Waals surface area contributed by atoms with Gasteiger partial charge in [-0.05, 0) is 37.0 Å². The summed E-state index contributed by atoms with van der Waals surface area (Å²) in [5, 5.41) is 3.45. The molecule has 18 heavy (non-hydrogen) atoms. The Morgan fingerprint density at radius 2 is 2.39 bits per heavy atom. The third kappa shape index (κ3) is 4.31. The van der Waals surface area contributed by atoms with Gasteiger partial charge >= 0.3 is 0 Å². The summed E-state index contributed by atoms with van der Waals surface area (Å²) >= 11 is 0. The Hall–Kier alpha value is -1.06. The molecular formula is C15H23NO2. The highest BCUT2D eigenvalue weighted by Crippen LogP contribution is 2.14. The molecule has 1 fully saturated rings. The molecule has 0 saturated carbocycles. The summed E-state index contributed by atoms with van der Waals surface area (Å²) < 4.78 is 11.2. The van der Waals surface area contributed by atoms with Crippen molar-refractivity contribution in [3.05, 3.63) is 29.8 Å². The number of ether oxygens (including phenoxy) is 2. The number of rotatable bonds is 7. The molecule has 3 nitrogen and oxygen atoms in total. The molecule has 0 bridgehead atoms. The lowest BCUT2D eigenvalue weighted by atomic mass is 10.2. The van der Waals surface area contributed by atoms with Gasteiger partial charge in [-0.3, -0.25) is 0 Å². The Kier molecular flexibility index (Phi) is 5.49. The van der Waals surface area contributed by atoms with E-state index in [0.29, 0.717) is 6.10 Å². The van der Waals surface area contributed by atoms with Gasteiger partial charge in [0.2, 0.25) is 0 Å². The van der Waals surface area contributed by atoms with Crippen molar-refractivity contribution in [1.82, 2.24) is 5.32 Å². The lowest BCUT2D eigenvalue weighted by Crippen LogP contribution is -2.25. The first-order valence-electron chi connectivity index (χ1n) is 6.92. The maximum absolute atomic E-state index is 5.62. The molecule has 3 heteroatoms. The van der Waals surface area contributed by atoms with Crippen molar-refractivity contribution in [2.45, 2.75) is 38.8 Å². The van der Waals surface area contributed by atoms with Crippen LogP contribution in [0.25, 0.3) is 0 Å². The SMILES string of the molecule is CCCOc1cccc(CNC[C@@H]2CCCO2)c1. The van der Waals surface area contributed by atoms with Gasteiger partial charge in [-0.25, -0.2) is 0 Å². The minimum atomic E-state index is 0.407. The summed E-state index contributed by atoms with van der Waals surface area (Å²) in [6.45, 7) is 5.65. The van der Waals surface area contributed by atoms with Gasteiger partial charge in [0.15, 0.2) is 0 Å². The predicted octanol–water partition coefficient (Wildman–Crippen LogP) is 2.74. The van der Waals surface area contributed by atoms with Crippen LogP contribution < -0.4 is 10.1 Å². The molecule has 1 aromatic rings. The quantitative estimate of drug-likeness (QED) is 0.806. The van der Waals surface area contributed by atoms with E-state index in [1.165, 1.54) is 18.4 Å². The number of nitrogens with one attached hydrogen (secondary N) is 1. The average Bonchev–Trinajstić information content (AvgIpc) is 2.90. The minimum Gasteiger partial charge on any atom is -0.494 e. The molecule has 0 spiro atoms. The molecule has 0 unspecified atom stereocenters. The van der Waals surface area contributed by atoms with E-state index in [9.17, 15) is 0 Å². The van der Waals surface area contributed by atoms with Crippen molar-refractivity contribution in [2.24, 2.45) is 0 Å². The van der Waals surface area contributed by atoms with Gasteiger partial charge in [-0.2, -0.15) is 0 Å². The lowest BCUT2D eigenvalue weighted by Gasteiger charge is -2.11. The van der Waals surface area contributed by atoms with E-state index in [4.69, 9.17) is 9.47 Å². The minimum absolute atomic E-state index is 0.407. The third-order valence-corrected chi connectivity index (χ3v) is 3.10. The first-order chi connectivity index (χ1) is 8.88. The fourth-order valence-corrected chi connectivity index (χ4v) is 2.15. The Morgan fingerprint density at radius 1 is 1.44 bits per heavy atom. The van der Waals surface area contributed by atoms with Gasteiger partial charge in [0.25, 0.3) is 0 Å². The number of hydrogen-bond acceptors (Lipinski definition) is 3. The van der Waals surface area contributed by atoms with E-state index in [-0.39, 0.29) is 0 Å². The van der Waals surface area contributed by atoms with Crippen LogP contribution in [0.15, 0.2) is 24.3 Å². The third-order valence-electron chi connectivity index (χ3n) is 3.10. The first kappa shape index (κ1) is 13.4. The Balaban J connectivity index is 1.74. The van der Waals surface area contributed by atoms with E-state index in [2.05, 4.69) is 24.4 Å². The second-order valence-electron chi connectivity index (χ2n) is 4.76. The maximum Gasteiger partial charge on any atom is 0.119 e. The summed E-state index contributed by atoms with van der Waals surface area (Å²) in [7, 11) is 0. The fraction of sp³-hybridized carbons (Fsp3) is 0.600. The van der Waals surface area contributed by atoms with E-state index in [1.807, 2.05) is 12.1 Å². The van der Waals surface area contributed by atoms with Crippen LogP contribution in [-0.4, -0.2) is 25.9 Å². The van der Waals surface area contributed by atoms with Crippen molar-refractivity contribution >= 4 is 0 Å². The lowest BCUT2D eigenvalue weighted by molar-refractivity contribution is 0.110. The van der Waals surface area contributed by atoms with Crippen LogP contribution in [0.2, 0.25) is 0 Å². The molecule has 2 rings (SSSR count). The maximum atomic E-state index is 5.62. The van der Waals surface area contributed by atoms with Gasteiger partial charge < -0.3 is 14.8 Å². The van der Waals surface area contributed by atoms with Crippen LogP contribution in [0, 0.1) is 0 Å². The Labute approximate surface area is 109 Å². The van der Waals surface area contributed by atoms with Crippen LogP contribution >= 0.6 is 0 Å². The van der Waals surface area contributed by atoms with E-state index in [1.54, 1.807) is 0 Å². The van der Waals surface area contributed by atoms with Crippen molar-refractivity contribution in [3.8, 4) is 5.75 Å². The van der Waals surface area contributed by atoms with Crippen LogP contribution in [-0.2, 0) is 11.3 Å². The topological polar surface area (TPSA) is 30.5 Å². The van der Waals surface area contributed by atoms with E-state index >= 15 is 0 Å². The fourth-order valence-electron chi connectivity index (χ4n) is 2.15. The van der Waals surface area contributed by atoms with Crippen LogP contribution in [0.4, 0.5) is 0 Å². The molecule has 100 valence electrons. The molecule has 1 N–H and O–H groups in total. The van der Waals surface area contributed by atoms with Gasteiger partial charge in [-0.1, -0.05) is 19.1 Å². The standard InChI is InChI=1S/C15H23NO2/c1-2-8-17-14-6-3-5-13(10-14)11-16-12-15-7-4-9-18-15/h3,5-6,10,15-16H,2,4,7-9,11-12H2,1H3/t15-/m0/s1. The molecule has 1 saturated heterocycles. The summed E-state index contributed by atoms with van der Waals surface area (Å²) in [4.78, 5) is 0. The first-order valence-corrected chi connectivity index (χ1v) is 6.92. The zero-order valence-electron chi connectivity index (χ0n) is 11.2. The molecular weight excluding hydrogens is 226 g/mol. The molecule has 0 amide bonds. The summed E-state index contributed by atoms with van der Waals surface area (Å²) in [5.74, 6) is 0.966. The summed E-state index contributed by atoms with van der Waals surface area (Å²) in [5.41, 5.74) is 1.27. The predicted molar refractivity (Wildman–Crippen MR) is 72.9 cm³/mol. The van der Waals surface area contributed by atoms with Crippen molar-refractivity contribution < 1.29 is 9.47 Å². The van der Waals surface area contributed by atoms with Gasteiger partial charge in [-0.15, -0.1) is 0 Å². The van der Waals surface area contributed by atoms with Gasteiger partial charge in [0.05, 0.1) is 12.7 Å². The zero-order chi connectivity index (χ0) is 12.6. The smallest absolute Gasteiger partial charge is 0.119 e. The highest BCUT2D eigenvalue weighted by atomic mass is 16.5. The molecule has 0 aliphatic carbocycles. The van der Waals surface area contributed by atoms with Gasteiger partial charge in [0, 0.05) is 19.7 Å². The molecule has 0 aromatic heterocycles. The van der Waals surface area contributed by atoms with Crippen LogP contribution in [0.1, 0.15) is 31.7 Å². The molecule has 0 radical (unpaired) electrons. The van der Waals surface area contributed by atoms with Crippen molar-refractivity contribution in [1.29, 1.82) is 0 Å². The highest BCUT2D eigenvalue weighted by molar-refractivity contribution is 5.28. The zero-order valence-corrected chi connectivity index (χ0v) is 11.2. The average molecular weight is 249 g/mol. The van der Waals surface area contributed by atoms with E-state index in [0.717, 1.165) is 38.5 Å². The molecule has 1 aliphatic heterocycles. The molecule has 1 atom stereocenters. The van der Waals surface area contributed by atoms with E-state index < -0.39 is 0 Å². The van der Waals surface area contributed by atoms with Crippen LogP contribution in [0.5, 0.6) is 5.75 Å². The highest BCUT2D eigenvalue weighted by Gasteiger charge is 2.14. The Bertz CT molecular complexity index is 348. The second-order valence-corrected chi connectivity index (χ2v) is 4.76. The largest absolute Gasteiger partial charge is 0.494 e. The molecule has 1 aliphatic rings. The van der Waals surface area contributed by atoms with Gasteiger partial charge in [0.1, 0.15) is 5.75 Å².